The van der Waals surface area contributed by atoms with E-state index >= 15 is 0 Å². The van der Waals surface area contributed by atoms with Crippen LogP contribution in [0.15, 0.2) is 23.3 Å². The molecular formula is C13H25NO7P2. The van der Waals surface area contributed by atoms with Crippen molar-refractivity contribution in [2.24, 2.45) is 0 Å². The number of hydrogen-bond acceptors (Lipinski definition) is 5. The van der Waals surface area contributed by atoms with Gasteiger partial charge in [0, 0.05) is 5.71 Å². The molecule has 0 bridgehead atoms. The number of phosphoric ester groups is 1. The average molecular weight is 369 g/mol. The zero-order chi connectivity index (χ0) is 18.1. The van der Waals surface area contributed by atoms with Gasteiger partial charge >= 0.3 is 15.6 Å². The summed E-state index contributed by atoms with van der Waals surface area (Å²) >= 11 is 0. The summed E-state index contributed by atoms with van der Waals surface area (Å²) in [4.78, 5) is 26.0. The van der Waals surface area contributed by atoms with Crippen molar-refractivity contribution >= 4 is 21.4 Å². The molecule has 1 atom stereocenters. The minimum atomic E-state index is -5.08. The lowest BCUT2D eigenvalue weighted by molar-refractivity contribution is 0.191. The lowest BCUT2D eigenvalue weighted by Gasteiger charge is -2.11. The van der Waals surface area contributed by atoms with Gasteiger partial charge in [-0.3, -0.25) is 4.52 Å². The van der Waals surface area contributed by atoms with E-state index in [0.29, 0.717) is 5.71 Å². The van der Waals surface area contributed by atoms with Crippen LogP contribution in [0.1, 0.15) is 46.5 Å². The van der Waals surface area contributed by atoms with Gasteiger partial charge in [-0.1, -0.05) is 23.3 Å². The van der Waals surface area contributed by atoms with Crippen molar-refractivity contribution in [1.29, 1.82) is 5.41 Å². The molecule has 0 saturated carbocycles. The lowest BCUT2D eigenvalue weighted by atomic mass is 10.1. The molecular weight excluding hydrogens is 344 g/mol. The first-order valence-electron chi connectivity index (χ1n) is 7.01. The van der Waals surface area contributed by atoms with Crippen LogP contribution >= 0.6 is 15.6 Å². The molecule has 0 fully saturated rings. The highest BCUT2D eigenvalue weighted by atomic mass is 31.3. The fourth-order valence-corrected chi connectivity index (χ4v) is 3.09. The molecule has 0 aliphatic carbocycles. The van der Waals surface area contributed by atoms with E-state index in [2.05, 4.69) is 14.9 Å². The van der Waals surface area contributed by atoms with Gasteiger partial charge in [-0.25, -0.2) is 9.13 Å². The zero-order valence-corrected chi connectivity index (χ0v) is 15.3. The molecule has 8 nitrogen and oxygen atoms in total. The van der Waals surface area contributed by atoms with Crippen LogP contribution in [-0.4, -0.2) is 27.0 Å². The molecule has 4 N–H and O–H groups in total. The Labute approximate surface area is 136 Å². The Balaban J connectivity index is 4.18. The van der Waals surface area contributed by atoms with Crippen LogP contribution in [-0.2, 0) is 18.0 Å². The molecule has 0 spiro atoms. The standard InChI is InChI=1S/C13H25NO7P2/c1-11(7-8-13(3)14)5-4-6-12(2)9-10-20-23(18,19)21-22(15,16)17/h5,9,14H,4,6-8,10H2,1-3H3,(H,18,19)(H2,15,16,17)/b11-5+,12-9+,14-13?. The van der Waals surface area contributed by atoms with Crippen molar-refractivity contribution in [1.82, 2.24) is 0 Å². The highest BCUT2D eigenvalue weighted by molar-refractivity contribution is 7.60. The molecule has 0 heterocycles. The number of phosphoric acid groups is 2. The molecule has 0 amide bonds. The predicted octanol–water partition coefficient (Wildman–Crippen LogP) is 3.71. The summed E-state index contributed by atoms with van der Waals surface area (Å²) in [7, 11) is -9.85. The Morgan fingerprint density at radius 1 is 1.00 bits per heavy atom. The van der Waals surface area contributed by atoms with E-state index < -0.39 is 15.6 Å². The molecule has 0 aliphatic rings. The number of rotatable bonds is 11. The predicted molar refractivity (Wildman–Crippen MR) is 88.3 cm³/mol. The van der Waals surface area contributed by atoms with Crippen LogP contribution in [0.5, 0.6) is 0 Å². The second kappa shape index (κ2) is 10.3. The minimum absolute atomic E-state index is 0.282. The van der Waals surface area contributed by atoms with E-state index in [1.54, 1.807) is 13.0 Å². The monoisotopic (exact) mass is 369 g/mol. The van der Waals surface area contributed by atoms with Crippen molar-refractivity contribution < 1.29 is 32.6 Å². The molecule has 0 saturated heterocycles. The zero-order valence-electron chi connectivity index (χ0n) is 13.6. The summed E-state index contributed by atoms with van der Waals surface area (Å²) in [5.41, 5.74) is 2.76. The van der Waals surface area contributed by atoms with E-state index in [4.69, 9.17) is 20.1 Å². The van der Waals surface area contributed by atoms with Crippen molar-refractivity contribution in [3.8, 4) is 0 Å². The molecule has 134 valence electrons. The van der Waals surface area contributed by atoms with E-state index in [0.717, 1.165) is 31.3 Å². The van der Waals surface area contributed by atoms with Crippen LogP contribution in [0.25, 0.3) is 0 Å². The van der Waals surface area contributed by atoms with Gasteiger partial charge in [-0.15, -0.1) is 0 Å². The molecule has 0 rings (SSSR count). The van der Waals surface area contributed by atoms with Crippen LogP contribution in [0.2, 0.25) is 0 Å². The van der Waals surface area contributed by atoms with E-state index in [1.165, 1.54) is 5.57 Å². The summed E-state index contributed by atoms with van der Waals surface area (Å²) in [6.07, 6.45) is 6.75. The second-order valence-electron chi connectivity index (χ2n) is 5.26. The molecule has 0 aliphatic heterocycles. The van der Waals surface area contributed by atoms with Crippen molar-refractivity contribution in [2.75, 3.05) is 6.61 Å². The van der Waals surface area contributed by atoms with Gasteiger partial charge in [-0.05, 0) is 46.5 Å². The summed E-state index contributed by atoms with van der Waals surface area (Å²) in [5, 5.41) is 7.36. The summed E-state index contributed by atoms with van der Waals surface area (Å²) < 4.78 is 29.8. The fourth-order valence-electron chi connectivity index (χ4n) is 1.57. The first-order chi connectivity index (χ1) is 10.4. The van der Waals surface area contributed by atoms with Gasteiger partial charge < -0.3 is 20.1 Å². The Hall–Kier alpha value is -0.590. The number of allylic oxidation sites excluding steroid dienone is 3. The largest absolute Gasteiger partial charge is 0.481 e. The molecule has 10 heteroatoms. The van der Waals surface area contributed by atoms with Crippen LogP contribution in [0, 0.1) is 5.41 Å². The van der Waals surface area contributed by atoms with Crippen molar-refractivity contribution in [3.05, 3.63) is 23.3 Å². The molecule has 0 aromatic rings. The second-order valence-corrected chi connectivity index (χ2v) is 8.09. The topological polar surface area (TPSA) is 137 Å². The third kappa shape index (κ3) is 14.7. The lowest BCUT2D eigenvalue weighted by Crippen LogP contribution is -1.94. The molecule has 1 unspecified atom stereocenters. The SMILES string of the molecule is CC(=N)CC/C(C)=C/CC/C(C)=C/COP(=O)(O)OP(=O)(O)O. The summed E-state index contributed by atoms with van der Waals surface area (Å²) in [5.74, 6) is 0. The van der Waals surface area contributed by atoms with Gasteiger partial charge in [0.05, 0.1) is 6.61 Å². The van der Waals surface area contributed by atoms with Crippen LogP contribution < -0.4 is 0 Å². The molecule has 0 aromatic carbocycles. The van der Waals surface area contributed by atoms with Crippen LogP contribution in [0.3, 0.4) is 0 Å². The van der Waals surface area contributed by atoms with Crippen molar-refractivity contribution in [2.45, 2.75) is 46.5 Å². The molecule has 0 radical (unpaired) electrons. The number of nitrogens with one attached hydrogen (secondary N) is 1. The highest BCUT2D eigenvalue weighted by Crippen LogP contribution is 2.57. The van der Waals surface area contributed by atoms with Gasteiger partial charge in [-0.2, -0.15) is 4.31 Å². The van der Waals surface area contributed by atoms with E-state index in [-0.39, 0.29) is 6.61 Å². The Bertz CT molecular complexity index is 551. The van der Waals surface area contributed by atoms with Gasteiger partial charge in [0.1, 0.15) is 0 Å². The Morgan fingerprint density at radius 2 is 1.57 bits per heavy atom. The average Bonchev–Trinajstić information content (AvgIpc) is 2.33. The Morgan fingerprint density at radius 3 is 2.09 bits per heavy atom. The summed E-state index contributed by atoms with van der Waals surface area (Å²) in [6.45, 7) is 5.32. The first kappa shape index (κ1) is 22.4. The molecule has 0 aromatic heterocycles. The molecule has 23 heavy (non-hydrogen) atoms. The smallest absolute Gasteiger partial charge is 0.310 e. The Kier molecular flexibility index (Phi) is 10.0. The fraction of sp³-hybridized carbons (Fsp3) is 0.615. The highest BCUT2D eigenvalue weighted by Gasteiger charge is 2.31. The third-order valence-electron chi connectivity index (χ3n) is 2.80. The van der Waals surface area contributed by atoms with E-state index in [1.807, 2.05) is 13.8 Å². The van der Waals surface area contributed by atoms with Gasteiger partial charge in [0.15, 0.2) is 0 Å². The van der Waals surface area contributed by atoms with Gasteiger partial charge in [0.2, 0.25) is 0 Å². The van der Waals surface area contributed by atoms with E-state index in [9.17, 15) is 9.13 Å². The quantitative estimate of drug-likeness (QED) is 0.247. The number of hydrogen-bond donors (Lipinski definition) is 4. The van der Waals surface area contributed by atoms with Crippen LogP contribution in [0.4, 0.5) is 0 Å². The maximum Gasteiger partial charge on any atom is 0.481 e. The van der Waals surface area contributed by atoms with Crippen molar-refractivity contribution in [3.63, 3.8) is 0 Å². The minimum Gasteiger partial charge on any atom is -0.310 e. The maximum absolute atomic E-state index is 11.2. The third-order valence-corrected chi connectivity index (χ3v) is 4.96. The normalized spacial score (nSPS) is 16.3. The van der Waals surface area contributed by atoms with Gasteiger partial charge in [0.25, 0.3) is 0 Å². The first-order valence-corrected chi connectivity index (χ1v) is 10.0. The maximum atomic E-state index is 11.2. The summed E-state index contributed by atoms with van der Waals surface area (Å²) in [6, 6.07) is 0.